The van der Waals surface area contributed by atoms with Crippen LogP contribution < -0.4 is 0 Å². The molecule has 0 aromatic carbocycles. The van der Waals surface area contributed by atoms with Gasteiger partial charge in [0.05, 0.1) is 0 Å². The number of hydrogen-bond acceptors (Lipinski definition) is 6. The van der Waals surface area contributed by atoms with Crippen LogP contribution in [0.2, 0.25) is 6.04 Å². The van der Waals surface area contributed by atoms with Crippen LogP contribution in [0.15, 0.2) is 0 Å². The van der Waals surface area contributed by atoms with E-state index in [2.05, 4.69) is 33.0 Å². The summed E-state index contributed by atoms with van der Waals surface area (Å²) in [6.07, 6.45) is 42.6. The molecule has 0 radical (unpaired) electrons. The third kappa shape index (κ3) is 40.2. The lowest BCUT2D eigenvalue weighted by molar-refractivity contribution is -0.146. The quantitative estimate of drug-likeness (QED) is 0.0377. The second-order valence-electron chi connectivity index (χ2n) is 15.0. The summed E-state index contributed by atoms with van der Waals surface area (Å²) in [4.78, 5) is 25.9. The zero-order valence-corrected chi connectivity index (χ0v) is 37.0. The summed E-state index contributed by atoms with van der Waals surface area (Å²) >= 11 is 3.82. The topological polar surface area (TPSA) is 82.1 Å². The summed E-state index contributed by atoms with van der Waals surface area (Å²) in [5.74, 6) is -0.517. The van der Waals surface area contributed by atoms with Gasteiger partial charge < -0.3 is 18.4 Å². The number of unbranched alkanes of at least 4 members (excludes halogenated alkanes) is 30. The molecule has 310 valence electrons. The van der Waals surface area contributed by atoms with Crippen LogP contribution in [0.25, 0.3) is 0 Å². The molecule has 8 heteroatoms. The van der Waals surface area contributed by atoms with Crippen LogP contribution in [-0.4, -0.2) is 38.0 Å². The molecule has 0 amide bonds. The molecule has 0 fully saturated rings. The predicted octanol–water partition coefficient (Wildman–Crippen LogP) is 15.3. The van der Waals surface area contributed by atoms with Gasteiger partial charge >= 0.3 is 8.80 Å². The lowest BCUT2D eigenvalue weighted by atomic mass is 10.0. The summed E-state index contributed by atoms with van der Waals surface area (Å²) in [6.45, 7) is 8.99. The molecule has 6 nitrogen and oxygen atoms in total. The fourth-order valence-corrected chi connectivity index (χ4v) is 9.32. The Morgan fingerprint density at radius 1 is 0.442 bits per heavy atom. The van der Waals surface area contributed by atoms with Gasteiger partial charge in [0.25, 0.3) is 11.9 Å². The van der Waals surface area contributed by atoms with E-state index in [-0.39, 0.29) is 11.9 Å². The van der Waals surface area contributed by atoms with Crippen molar-refractivity contribution >= 4 is 38.5 Å². The molecule has 0 saturated heterocycles. The van der Waals surface area contributed by atoms with Crippen molar-refractivity contribution in [1.82, 2.24) is 0 Å². The van der Waals surface area contributed by atoms with Crippen LogP contribution in [0.3, 0.4) is 0 Å². The normalized spacial score (nSPS) is 11.2. The summed E-state index contributed by atoms with van der Waals surface area (Å²) < 4.78 is 18.0. The predicted molar refractivity (Wildman–Crippen MR) is 229 cm³/mol. The highest BCUT2D eigenvalue weighted by Crippen LogP contribution is 2.23. The van der Waals surface area contributed by atoms with Crippen LogP contribution in [0.5, 0.6) is 0 Å². The maximum absolute atomic E-state index is 12.9. The second-order valence-corrected chi connectivity index (χ2v) is 17.8. The van der Waals surface area contributed by atoms with E-state index in [0.717, 1.165) is 44.9 Å². The highest BCUT2D eigenvalue weighted by Gasteiger charge is 2.48. The molecule has 0 aliphatic carbocycles. The van der Waals surface area contributed by atoms with E-state index < -0.39 is 8.80 Å². The smallest absolute Gasteiger partial charge is 0.504 e. The fraction of sp³-hybridized carbons (Fsp3) is 0.932. The first-order valence-electron chi connectivity index (χ1n) is 22.6. The van der Waals surface area contributed by atoms with Crippen molar-refractivity contribution in [2.75, 3.05) is 6.61 Å². The van der Waals surface area contributed by atoms with Gasteiger partial charge in [0.2, 0.25) is 0 Å². The third-order valence-electron chi connectivity index (χ3n) is 9.96. The second kappa shape index (κ2) is 44.4. The van der Waals surface area contributed by atoms with E-state index in [9.17, 15) is 9.59 Å². The van der Waals surface area contributed by atoms with Crippen LogP contribution >= 0.6 is 12.2 Å². The van der Waals surface area contributed by atoms with Crippen LogP contribution in [-0.2, 0) is 22.9 Å². The van der Waals surface area contributed by atoms with E-state index in [1.807, 2.05) is 6.92 Å². The van der Waals surface area contributed by atoms with Gasteiger partial charge in [0.1, 0.15) is 5.55 Å². The Kier molecular flexibility index (Phi) is 45.4. The molecule has 0 aromatic rings. The van der Waals surface area contributed by atoms with E-state index in [0.29, 0.717) is 31.0 Å². The Hall–Kier alpha value is -0.993. The summed E-state index contributed by atoms with van der Waals surface area (Å²) in [7, 11) is -3.38. The van der Waals surface area contributed by atoms with Crippen LogP contribution in [0, 0.1) is 0 Å². The molecule has 0 bridgehead atoms. The Balaban J connectivity index is 0. The molecule has 0 aromatic heterocycles. The van der Waals surface area contributed by atoms with Crippen molar-refractivity contribution in [2.45, 2.75) is 258 Å². The van der Waals surface area contributed by atoms with E-state index in [1.54, 1.807) is 0 Å². The standard InChI is InChI=1S/C43H86O5Si.CH2OS/c1-5-9-12-14-16-18-20-22-24-26-28-30-32-34-36-39-42(44)47-49(46-8-4,41-38-11-7-3)48-43(45)40-37-35-33-31-29-27-25-23-21-19-17-15-13-10-6-2;2-1-3/h5-41H2,1-4H3;1H,(H,2,3). The average molecular weight is 773 g/mol. The van der Waals surface area contributed by atoms with Crippen molar-refractivity contribution < 1.29 is 28.0 Å². The number of thiocarbonyl (C=S) groups is 1. The van der Waals surface area contributed by atoms with Crippen molar-refractivity contribution in [2.24, 2.45) is 0 Å². The van der Waals surface area contributed by atoms with Crippen molar-refractivity contribution in [1.29, 1.82) is 0 Å². The summed E-state index contributed by atoms with van der Waals surface area (Å²) in [6, 6.07) is 0.532. The van der Waals surface area contributed by atoms with Crippen LogP contribution in [0.4, 0.5) is 0 Å². The highest BCUT2D eigenvalue weighted by atomic mass is 32.1. The SMILES string of the molecule is CCCCCCCCCCCCCCCCCC(=O)O[Si](CCCCC)(OCC)OC(=O)CCCCCCCCCCCCCCCCC.OC=S. The minimum atomic E-state index is -3.38. The number of carbonyl (C=O) groups is 2. The van der Waals surface area contributed by atoms with Crippen molar-refractivity contribution in [3.8, 4) is 0 Å². The Labute approximate surface area is 330 Å². The van der Waals surface area contributed by atoms with Gasteiger partial charge in [-0.3, -0.25) is 9.59 Å². The molecule has 0 heterocycles. The minimum Gasteiger partial charge on any atom is -0.504 e. The Morgan fingerprint density at radius 2 is 0.673 bits per heavy atom. The third-order valence-corrected chi connectivity index (χ3v) is 12.7. The monoisotopic (exact) mass is 773 g/mol. The first-order valence-corrected chi connectivity index (χ1v) is 25.0. The lowest BCUT2D eigenvalue weighted by Gasteiger charge is -2.28. The molecule has 52 heavy (non-hydrogen) atoms. The van der Waals surface area contributed by atoms with E-state index in [1.165, 1.54) is 167 Å². The molecule has 0 aliphatic heterocycles. The molecule has 0 atom stereocenters. The van der Waals surface area contributed by atoms with E-state index >= 15 is 0 Å². The van der Waals surface area contributed by atoms with Crippen molar-refractivity contribution in [3.05, 3.63) is 0 Å². The van der Waals surface area contributed by atoms with Gasteiger partial charge in [-0.15, -0.1) is 0 Å². The maximum atomic E-state index is 12.9. The number of carbonyl (C=O) groups excluding carboxylic acids is 2. The molecule has 0 unspecified atom stereocenters. The van der Waals surface area contributed by atoms with Gasteiger partial charge in [-0.2, -0.15) is 0 Å². The Morgan fingerprint density at radius 3 is 0.923 bits per heavy atom. The maximum Gasteiger partial charge on any atom is 0.636 e. The fourth-order valence-electron chi connectivity index (χ4n) is 6.80. The number of rotatable bonds is 40. The zero-order valence-electron chi connectivity index (χ0n) is 35.1. The van der Waals surface area contributed by atoms with E-state index in [4.69, 9.17) is 18.4 Å². The first-order chi connectivity index (χ1) is 25.4. The number of aliphatic hydroxyl groups excluding tert-OH is 1. The minimum absolute atomic E-state index is 0.258. The molecule has 0 saturated carbocycles. The van der Waals surface area contributed by atoms with Crippen LogP contribution in [0.1, 0.15) is 252 Å². The average Bonchev–Trinajstić information content (AvgIpc) is 3.12. The molecule has 0 rings (SSSR count). The van der Waals surface area contributed by atoms with Gasteiger partial charge in [0.15, 0.2) is 0 Å². The summed E-state index contributed by atoms with van der Waals surface area (Å²) in [5.41, 5.74) is 0.583. The molecular weight excluding hydrogens is 685 g/mol. The number of aliphatic hydroxyl groups is 1. The van der Waals surface area contributed by atoms with Crippen molar-refractivity contribution in [3.63, 3.8) is 0 Å². The molecule has 1 N–H and O–H groups in total. The van der Waals surface area contributed by atoms with Gasteiger partial charge in [-0.25, -0.2) is 0 Å². The lowest BCUT2D eigenvalue weighted by Crippen LogP contribution is -2.49. The molecule has 0 spiro atoms. The number of hydrogen-bond donors (Lipinski definition) is 1. The van der Waals surface area contributed by atoms with Gasteiger partial charge in [0, 0.05) is 25.5 Å². The first kappa shape index (κ1) is 53.1. The largest absolute Gasteiger partial charge is 0.636 e. The summed E-state index contributed by atoms with van der Waals surface area (Å²) in [5, 5.41) is 7.26. The Bertz CT molecular complexity index is 704. The molecule has 0 aliphatic rings. The highest BCUT2D eigenvalue weighted by molar-refractivity contribution is 7.78. The molecular formula is C44H88O6SSi. The zero-order chi connectivity index (χ0) is 38.6. The van der Waals surface area contributed by atoms with Gasteiger partial charge in [-0.1, -0.05) is 213 Å². The van der Waals surface area contributed by atoms with Gasteiger partial charge in [-0.05, 0) is 38.4 Å².